The van der Waals surface area contributed by atoms with Crippen molar-refractivity contribution in [2.45, 2.75) is 31.7 Å². The topological polar surface area (TPSA) is 67.9 Å². The molecule has 6 nitrogen and oxygen atoms in total. The van der Waals surface area contributed by atoms with Crippen LogP contribution in [0, 0.1) is 5.82 Å². The minimum Gasteiger partial charge on any atom is -0.493 e. The molecule has 1 N–H and O–H groups in total. The average Bonchev–Trinajstić information content (AvgIpc) is 2.86. The number of likely N-dealkylation sites (N-methyl/N-ethyl adjacent to an activating group) is 1. The number of amides is 2. The molecule has 0 aliphatic carbocycles. The van der Waals surface area contributed by atoms with Crippen LogP contribution >= 0.6 is 0 Å². The maximum Gasteiger partial charge on any atom is 0.254 e. The van der Waals surface area contributed by atoms with Gasteiger partial charge in [-0.25, -0.2) is 4.39 Å². The Morgan fingerprint density at radius 3 is 2.20 bits per heavy atom. The standard InChI is InChI=1S/C28H29FN2O4/c1-16(2)17-10-12-18(13-11-17)30-27(32)25-20-14-23(34-4)24(35-5)15-21(20)28(33)31(3)26(25)19-8-6-7-9-22(19)29/h6-16,25-26H,1-5H3,(H,30,32)/t25-,26+/m0/s1. The number of hydrogen-bond acceptors (Lipinski definition) is 4. The van der Waals surface area contributed by atoms with E-state index in [4.69, 9.17) is 9.47 Å². The van der Waals surface area contributed by atoms with E-state index >= 15 is 0 Å². The highest BCUT2D eigenvalue weighted by Crippen LogP contribution is 2.46. The van der Waals surface area contributed by atoms with E-state index in [9.17, 15) is 14.0 Å². The normalized spacial score (nSPS) is 17.2. The van der Waals surface area contributed by atoms with Crippen molar-refractivity contribution in [3.63, 3.8) is 0 Å². The number of benzene rings is 3. The van der Waals surface area contributed by atoms with Gasteiger partial charge in [0.25, 0.3) is 5.91 Å². The van der Waals surface area contributed by atoms with E-state index in [0.717, 1.165) is 5.56 Å². The Morgan fingerprint density at radius 1 is 0.971 bits per heavy atom. The molecule has 1 aliphatic heterocycles. The quantitative estimate of drug-likeness (QED) is 0.509. The predicted octanol–water partition coefficient (Wildman–Crippen LogP) is 5.52. The zero-order valence-electron chi connectivity index (χ0n) is 20.5. The second-order valence-electron chi connectivity index (χ2n) is 8.92. The van der Waals surface area contributed by atoms with E-state index < -0.39 is 17.8 Å². The number of nitrogens with one attached hydrogen (secondary N) is 1. The maximum atomic E-state index is 15.0. The first-order chi connectivity index (χ1) is 16.8. The summed E-state index contributed by atoms with van der Waals surface area (Å²) in [5, 5.41) is 2.97. The van der Waals surface area contributed by atoms with Crippen molar-refractivity contribution in [3.8, 4) is 11.5 Å². The van der Waals surface area contributed by atoms with Crippen molar-refractivity contribution in [1.29, 1.82) is 0 Å². The average molecular weight is 477 g/mol. The number of anilines is 1. The molecule has 3 aromatic carbocycles. The third-order valence-electron chi connectivity index (χ3n) is 6.53. The highest BCUT2D eigenvalue weighted by Gasteiger charge is 2.44. The lowest BCUT2D eigenvalue weighted by atomic mass is 9.79. The molecule has 0 unspecified atom stereocenters. The third-order valence-corrected chi connectivity index (χ3v) is 6.53. The van der Waals surface area contributed by atoms with Crippen LogP contribution in [0.15, 0.2) is 60.7 Å². The SMILES string of the molecule is COc1cc2c(cc1OC)[C@H](C(=O)Nc1ccc(C(C)C)cc1)[C@@H](c1ccccc1F)N(C)C2=O. The van der Waals surface area contributed by atoms with Gasteiger partial charge in [0.1, 0.15) is 5.82 Å². The summed E-state index contributed by atoms with van der Waals surface area (Å²) in [4.78, 5) is 28.6. The smallest absolute Gasteiger partial charge is 0.254 e. The number of fused-ring (bicyclic) bond motifs is 1. The number of nitrogens with zero attached hydrogens (tertiary/aromatic N) is 1. The Kier molecular flexibility index (Phi) is 6.78. The number of hydrogen-bond donors (Lipinski definition) is 1. The third kappa shape index (κ3) is 4.46. The number of ether oxygens (including phenoxy) is 2. The molecule has 0 saturated heterocycles. The van der Waals surface area contributed by atoms with Crippen molar-refractivity contribution in [2.75, 3.05) is 26.6 Å². The molecular formula is C28H29FN2O4. The molecule has 0 radical (unpaired) electrons. The molecule has 0 bridgehead atoms. The Labute approximate surface area is 204 Å². The van der Waals surface area contributed by atoms with Crippen molar-refractivity contribution in [3.05, 3.63) is 88.7 Å². The van der Waals surface area contributed by atoms with E-state index in [2.05, 4.69) is 19.2 Å². The molecule has 0 spiro atoms. The van der Waals surface area contributed by atoms with Gasteiger partial charge in [-0.2, -0.15) is 0 Å². The van der Waals surface area contributed by atoms with Gasteiger partial charge in [-0.1, -0.05) is 44.2 Å². The summed E-state index contributed by atoms with van der Waals surface area (Å²) in [6.45, 7) is 4.19. The number of halogens is 1. The first-order valence-electron chi connectivity index (χ1n) is 11.4. The molecule has 0 aromatic heterocycles. The summed E-state index contributed by atoms with van der Waals surface area (Å²) >= 11 is 0. The lowest BCUT2D eigenvalue weighted by Gasteiger charge is -2.40. The molecule has 1 heterocycles. The lowest BCUT2D eigenvalue weighted by Crippen LogP contribution is -2.44. The Balaban J connectivity index is 1.85. The van der Waals surface area contributed by atoms with Gasteiger partial charge in [0.2, 0.25) is 5.91 Å². The number of carbonyl (C=O) groups excluding carboxylic acids is 2. The number of rotatable bonds is 6. The molecule has 35 heavy (non-hydrogen) atoms. The number of methoxy groups -OCH3 is 2. The van der Waals surface area contributed by atoms with E-state index in [1.165, 1.54) is 25.2 Å². The van der Waals surface area contributed by atoms with Crippen molar-refractivity contribution in [2.24, 2.45) is 0 Å². The van der Waals surface area contributed by atoms with Gasteiger partial charge in [0.15, 0.2) is 11.5 Å². The molecule has 7 heteroatoms. The molecule has 0 saturated carbocycles. The molecule has 2 atom stereocenters. The predicted molar refractivity (Wildman–Crippen MR) is 133 cm³/mol. The molecule has 4 rings (SSSR count). The van der Waals surface area contributed by atoms with E-state index in [-0.39, 0.29) is 17.4 Å². The first kappa shape index (κ1) is 24.3. The van der Waals surface area contributed by atoms with Crippen LogP contribution in [-0.4, -0.2) is 38.0 Å². The Bertz CT molecular complexity index is 1260. The largest absolute Gasteiger partial charge is 0.493 e. The zero-order chi connectivity index (χ0) is 25.3. The Hall–Kier alpha value is -3.87. The van der Waals surface area contributed by atoms with Gasteiger partial charge in [0, 0.05) is 23.9 Å². The zero-order valence-corrected chi connectivity index (χ0v) is 20.5. The minimum absolute atomic E-state index is 0.263. The first-order valence-corrected chi connectivity index (χ1v) is 11.4. The van der Waals surface area contributed by atoms with Crippen LogP contribution in [0.3, 0.4) is 0 Å². The summed E-state index contributed by atoms with van der Waals surface area (Å²) < 4.78 is 25.8. The van der Waals surface area contributed by atoms with E-state index in [0.29, 0.717) is 34.2 Å². The molecule has 0 fully saturated rings. The van der Waals surface area contributed by atoms with Crippen LogP contribution < -0.4 is 14.8 Å². The van der Waals surface area contributed by atoms with Gasteiger partial charge < -0.3 is 19.7 Å². The molecular weight excluding hydrogens is 447 g/mol. The van der Waals surface area contributed by atoms with Crippen molar-refractivity contribution >= 4 is 17.5 Å². The van der Waals surface area contributed by atoms with Crippen LogP contribution in [0.1, 0.15) is 58.8 Å². The lowest BCUT2D eigenvalue weighted by molar-refractivity contribution is -0.119. The molecule has 1 aliphatic rings. The maximum absolute atomic E-state index is 15.0. The fourth-order valence-corrected chi connectivity index (χ4v) is 4.61. The van der Waals surface area contributed by atoms with E-state index in [1.807, 2.05) is 24.3 Å². The second kappa shape index (κ2) is 9.78. The van der Waals surface area contributed by atoms with Gasteiger partial charge >= 0.3 is 0 Å². The van der Waals surface area contributed by atoms with E-state index in [1.54, 1.807) is 37.4 Å². The van der Waals surface area contributed by atoms with Gasteiger partial charge in [-0.05, 0) is 47.4 Å². The van der Waals surface area contributed by atoms with Crippen LogP contribution in [-0.2, 0) is 4.79 Å². The van der Waals surface area contributed by atoms with Gasteiger partial charge in [0.05, 0.1) is 26.2 Å². The molecule has 3 aromatic rings. The van der Waals surface area contributed by atoms with Gasteiger partial charge in [-0.3, -0.25) is 9.59 Å². The van der Waals surface area contributed by atoms with Crippen LogP contribution in [0.4, 0.5) is 10.1 Å². The van der Waals surface area contributed by atoms with Crippen molar-refractivity contribution in [1.82, 2.24) is 4.90 Å². The summed E-state index contributed by atoms with van der Waals surface area (Å²) in [6, 6.07) is 16.2. The summed E-state index contributed by atoms with van der Waals surface area (Å²) in [5.74, 6) is -0.953. The molecule has 182 valence electrons. The molecule has 2 amide bonds. The van der Waals surface area contributed by atoms with Crippen LogP contribution in [0.5, 0.6) is 11.5 Å². The monoisotopic (exact) mass is 476 g/mol. The van der Waals surface area contributed by atoms with Crippen LogP contribution in [0.25, 0.3) is 0 Å². The number of carbonyl (C=O) groups is 2. The van der Waals surface area contributed by atoms with Crippen molar-refractivity contribution < 1.29 is 23.5 Å². The Morgan fingerprint density at radius 2 is 1.60 bits per heavy atom. The highest BCUT2D eigenvalue weighted by molar-refractivity contribution is 6.05. The second-order valence-corrected chi connectivity index (χ2v) is 8.92. The minimum atomic E-state index is -0.894. The highest BCUT2D eigenvalue weighted by atomic mass is 19.1. The van der Waals surface area contributed by atoms with Crippen LogP contribution in [0.2, 0.25) is 0 Å². The summed E-state index contributed by atoms with van der Waals surface area (Å²) in [7, 11) is 4.55. The fourth-order valence-electron chi connectivity index (χ4n) is 4.61. The van der Waals surface area contributed by atoms with Gasteiger partial charge in [-0.15, -0.1) is 0 Å². The summed E-state index contributed by atoms with van der Waals surface area (Å²) in [5.41, 5.74) is 2.80. The fraction of sp³-hybridized carbons (Fsp3) is 0.286. The summed E-state index contributed by atoms with van der Waals surface area (Å²) in [6.07, 6.45) is 0.